The Hall–Kier alpha value is -3.62. The maximum Gasteiger partial charge on any atom is 0.410 e. The zero-order valence-electron chi connectivity index (χ0n) is 23.2. The zero-order valence-corrected chi connectivity index (χ0v) is 23.2. The Morgan fingerprint density at radius 3 is 2.58 bits per heavy atom. The number of carbonyl (C=O) groups is 1. The number of nitrogens with zero attached hydrogens (tertiary/aromatic N) is 5. The van der Waals surface area contributed by atoms with Gasteiger partial charge in [-0.25, -0.2) is 19.7 Å². The Bertz CT molecular complexity index is 1390. The lowest BCUT2D eigenvalue weighted by Crippen LogP contribution is -2.50. The highest BCUT2D eigenvalue weighted by Crippen LogP contribution is 2.50. The first-order chi connectivity index (χ1) is 18.0. The predicted octanol–water partition coefficient (Wildman–Crippen LogP) is 5.59. The molecule has 2 atom stereocenters. The Kier molecular flexibility index (Phi) is 6.57. The maximum atomic E-state index is 12.7. The van der Waals surface area contributed by atoms with E-state index in [2.05, 4.69) is 32.5 Å². The van der Waals surface area contributed by atoms with Crippen LogP contribution in [0.3, 0.4) is 0 Å². The third-order valence-electron chi connectivity index (χ3n) is 8.01. The lowest BCUT2D eigenvalue weighted by molar-refractivity contribution is -0.00678. The number of aryl methyl sites for hydroxylation is 1. The van der Waals surface area contributed by atoms with E-state index in [-0.39, 0.29) is 17.6 Å². The van der Waals surface area contributed by atoms with E-state index in [1.807, 2.05) is 51.0 Å². The number of nitrogen functional groups attached to an aromatic ring is 1. The summed E-state index contributed by atoms with van der Waals surface area (Å²) in [6.45, 7) is 8.61. The molecule has 4 heterocycles. The number of ether oxygens (including phenoxy) is 2. The molecule has 1 fully saturated rings. The van der Waals surface area contributed by atoms with E-state index in [1.165, 1.54) is 11.9 Å². The average Bonchev–Trinajstić information content (AvgIpc) is 3.17. The fourth-order valence-corrected chi connectivity index (χ4v) is 6.16. The summed E-state index contributed by atoms with van der Waals surface area (Å²) in [7, 11) is 3.65. The van der Waals surface area contributed by atoms with Crippen LogP contribution in [-0.4, -0.2) is 55.8 Å². The van der Waals surface area contributed by atoms with Gasteiger partial charge < -0.3 is 24.7 Å². The molecule has 3 aromatic heterocycles. The topological polar surface area (TPSA) is 108 Å². The number of methoxy groups -OCH3 is 1. The van der Waals surface area contributed by atoms with Gasteiger partial charge in [-0.05, 0) is 76.9 Å². The Morgan fingerprint density at radius 2 is 1.97 bits per heavy atom. The minimum atomic E-state index is -0.488. The zero-order chi connectivity index (χ0) is 27.2. The number of likely N-dealkylation sites (tertiary alicyclic amines) is 1. The number of carbonyl (C=O) groups excluding carboxylic acids is 1. The van der Waals surface area contributed by atoms with Gasteiger partial charge in [-0.1, -0.05) is 6.08 Å². The first kappa shape index (κ1) is 26.0. The standard InChI is InChI=1S/C29H38N6O3/c1-18-15-29(13-14-35(18)27(36)38-28(2,3)4)11-9-19(10-12-29)24-22(20-7-8-21(37-6)31-16-20)23-25(30)32-17-33-26(23)34(24)5/h7-9,16-18H,10-15H2,1-6H3,(H2,30,32,33). The summed E-state index contributed by atoms with van der Waals surface area (Å²) in [6.07, 6.45) is 10.4. The maximum absolute atomic E-state index is 12.7. The number of anilines is 1. The monoisotopic (exact) mass is 518 g/mol. The number of amides is 1. The third-order valence-corrected chi connectivity index (χ3v) is 8.01. The minimum absolute atomic E-state index is 0.141. The fourth-order valence-electron chi connectivity index (χ4n) is 6.16. The molecule has 2 N–H and O–H groups in total. The molecule has 0 aromatic carbocycles. The Labute approximate surface area is 224 Å². The van der Waals surface area contributed by atoms with Crippen LogP contribution in [0.1, 0.15) is 65.5 Å². The van der Waals surface area contributed by atoms with Crippen LogP contribution < -0.4 is 10.5 Å². The van der Waals surface area contributed by atoms with E-state index in [4.69, 9.17) is 15.2 Å². The van der Waals surface area contributed by atoms with Crippen LogP contribution in [0.25, 0.3) is 27.7 Å². The smallest absolute Gasteiger partial charge is 0.410 e. The molecule has 2 aliphatic rings. The number of allylic oxidation sites excluding steroid dienone is 2. The molecule has 9 nitrogen and oxygen atoms in total. The molecule has 202 valence electrons. The van der Waals surface area contributed by atoms with Crippen molar-refractivity contribution in [2.75, 3.05) is 19.4 Å². The number of hydrogen-bond acceptors (Lipinski definition) is 7. The highest BCUT2D eigenvalue weighted by Gasteiger charge is 2.42. The summed E-state index contributed by atoms with van der Waals surface area (Å²) >= 11 is 0. The SMILES string of the molecule is COc1ccc(-c2c(C3=CCC4(CC3)CCN(C(=O)OC(C)(C)C)C(C)C4)n(C)c3ncnc(N)c23)cn1. The number of piperidine rings is 1. The first-order valence-corrected chi connectivity index (χ1v) is 13.3. The molecule has 38 heavy (non-hydrogen) atoms. The van der Waals surface area contributed by atoms with E-state index in [0.717, 1.165) is 66.5 Å². The summed E-state index contributed by atoms with van der Waals surface area (Å²) in [5.41, 5.74) is 11.2. The van der Waals surface area contributed by atoms with Crippen LogP contribution in [0.2, 0.25) is 0 Å². The van der Waals surface area contributed by atoms with Crippen molar-refractivity contribution in [3.8, 4) is 17.0 Å². The molecular formula is C29H38N6O3. The molecule has 1 aliphatic heterocycles. The molecule has 1 amide bonds. The first-order valence-electron chi connectivity index (χ1n) is 13.3. The van der Waals surface area contributed by atoms with E-state index in [1.54, 1.807) is 7.11 Å². The summed E-state index contributed by atoms with van der Waals surface area (Å²) < 4.78 is 13.1. The molecule has 0 bridgehead atoms. The van der Waals surface area contributed by atoms with E-state index >= 15 is 0 Å². The lowest BCUT2D eigenvalue weighted by atomic mass is 9.66. The quantitative estimate of drug-likeness (QED) is 0.481. The van der Waals surface area contributed by atoms with Crippen LogP contribution in [0.4, 0.5) is 10.6 Å². The van der Waals surface area contributed by atoms with Gasteiger partial charge in [0.1, 0.15) is 23.4 Å². The molecule has 0 radical (unpaired) electrons. The summed E-state index contributed by atoms with van der Waals surface area (Å²) in [5.74, 6) is 1.02. The van der Waals surface area contributed by atoms with Gasteiger partial charge in [0.05, 0.1) is 18.2 Å². The molecule has 2 unspecified atom stereocenters. The van der Waals surface area contributed by atoms with Crippen molar-refractivity contribution >= 4 is 28.5 Å². The number of nitrogens with two attached hydrogens (primary N) is 1. The number of fused-ring (bicyclic) bond motifs is 1. The minimum Gasteiger partial charge on any atom is -0.481 e. The van der Waals surface area contributed by atoms with Crippen molar-refractivity contribution in [1.82, 2.24) is 24.4 Å². The summed E-state index contributed by atoms with van der Waals surface area (Å²) in [5, 5.41) is 0.845. The second-order valence-electron chi connectivity index (χ2n) is 11.7. The van der Waals surface area contributed by atoms with Crippen molar-refractivity contribution in [3.05, 3.63) is 36.4 Å². The van der Waals surface area contributed by atoms with Gasteiger partial charge in [0.15, 0.2) is 0 Å². The fraction of sp³-hybridized carbons (Fsp3) is 0.517. The molecule has 1 saturated heterocycles. The normalized spacial score (nSPS) is 22.0. The third kappa shape index (κ3) is 4.70. The van der Waals surface area contributed by atoms with Gasteiger partial charge in [0.2, 0.25) is 5.88 Å². The number of aromatic nitrogens is 4. The van der Waals surface area contributed by atoms with Gasteiger partial charge in [-0.3, -0.25) is 0 Å². The molecule has 1 aliphatic carbocycles. The van der Waals surface area contributed by atoms with Crippen LogP contribution in [0.15, 0.2) is 30.7 Å². The Morgan fingerprint density at radius 1 is 1.18 bits per heavy atom. The van der Waals surface area contributed by atoms with Crippen LogP contribution in [0, 0.1) is 5.41 Å². The van der Waals surface area contributed by atoms with Crippen molar-refractivity contribution in [3.63, 3.8) is 0 Å². The van der Waals surface area contributed by atoms with Gasteiger partial charge in [0.25, 0.3) is 0 Å². The van der Waals surface area contributed by atoms with Crippen molar-refractivity contribution in [1.29, 1.82) is 0 Å². The number of pyridine rings is 1. The number of hydrogen-bond donors (Lipinski definition) is 1. The van der Waals surface area contributed by atoms with Crippen molar-refractivity contribution < 1.29 is 14.3 Å². The molecule has 9 heteroatoms. The molecule has 0 saturated carbocycles. The molecular weight excluding hydrogens is 480 g/mol. The van der Waals surface area contributed by atoms with E-state index < -0.39 is 5.60 Å². The summed E-state index contributed by atoms with van der Waals surface area (Å²) in [4.78, 5) is 28.0. The van der Waals surface area contributed by atoms with Gasteiger partial charge in [-0.15, -0.1) is 0 Å². The molecule has 3 aromatic rings. The van der Waals surface area contributed by atoms with Gasteiger partial charge >= 0.3 is 6.09 Å². The van der Waals surface area contributed by atoms with Gasteiger partial charge in [-0.2, -0.15) is 0 Å². The van der Waals surface area contributed by atoms with Gasteiger partial charge in [0, 0.05) is 43.0 Å². The second-order valence-corrected chi connectivity index (χ2v) is 11.7. The second kappa shape index (κ2) is 9.60. The largest absolute Gasteiger partial charge is 0.481 e. The van der Waals surface area contributed by atoms with E-state index in [9.17, 15) is 4.79 Å². The van der Waals surface area contributed by atoms with E-state index in [0.29, 0.717) is 11.7 Å². The average molecular weight is 519 g/mol. The van der Waals surface area contributed by atoms with Crippen LogP contribution >= 0.6 is 0 Å². The summed E-state index contributed by atoms with van der Waals surface area (Å²) in [6, 6.07) is 4.01. The van der Waals surface area contributed by atoms with Crippen molar-refractivity contribution in [2.24, 2.45) is 12.5 Å². The predicted molar refractivity (Wildman–Crippen MR) is 149 cm³/mol. The van der Waals surface area contributed by atoms with Crippen molar-refractivity contribution in [2.45, 2.75) is 71.4 Å². The number of rotatable bonds is 3. The Balaban J connectivity index is 1.46. The highest BCUT2D eigenvalue weighted by atomic mass is 16.6. The molecule has 1 spiro atoms. The molecule has 5 rings (SSSR count). The van der Waals surface area contributed by atoms with Crippen LogP contribution in [-0.2, 0) is 11.8 Å². The lowest BCUT2D eigenvalue weighted by Gasteiger charge is -2.47. The van der Waals surface area contributed by atoms with Crippen LogP contribution in [0.5, 0.6) is 5.88 Å². The highest BCUT2D eigenvalue weighted by molar-refractivity contribution is 6.05.